The Kier molecular flexibility index (Phi) is 4.77. The highest BCUT2D eigenvalue weighted by Gasteiger charge is 2.24. The van der Waals surface area contributed by atoms with E-state index in [2.05, 4.69) is 4.98 Å². The Morgan fingerprint density at radius 2 is 2.37 bits per heavy atom. The lowest BCUT2D eigenvalue weighted by Gasteiger charge is -2.32. The third-order valence-electron chi connectivity index (χ3n) is 3.52. The number of amides is 1. The predicted molar refractivity (Wildman–Crippen MR) is 74.3 cm³/mol. The van der Waals surface area contributed by atoms with Crippen molar-refractivity contribution in [2.75, 3.05) is 19.7 Å². The van der Waals surface area contributed by atoms with Crippen LogP contribution >= 0.6 is 11.6 Å². The first-order chi connectivity index (χ1) is 9.13. The van der Waals surface area contributed by atoms with Gasteiger partial charge in [-0.2, -0.15) is 0 Å². The number of hydrogen-bond acceptors (Lipinski definition) is 3. The second-order valence-electron chi connectivity index (χ2n) is 4.97. The molecule has 1 aliphatic heterocycles. The first kappa shape index (κ1) is 14.3. The van der Waals surface area contributed by atoms with Crippen molar-refractivity contribution in [2.45, 2.75) is 26.2 Å². The summed E-state index contributed by atoms with van der Waals surface area (Å²) in [5.41, 5.74) is 1.42. The van der Waals surface area contributed by atoms with E-state index in [1.807, 2.05) is 6.92 Å². The van der Waals surface area contributed by atoms with Gasteiger partial charge in [-0.05, 0) is 37.3 Å². The van der Waals surface area contributed by atoms with Crippen molar-refractivity contribution >= 4 is 17.5 Å². The van der Waals surface area contributed by atoms with Gasteiger partial charge in [0.25, 0.3) is 5.91 Å². The van der Waals surface area contributed by atoms with E-state index in [-0.39, 0.29) is 18.4 Å². The summed E-state index contributed by atoms with van der Waals surface area (Å²) >= 11 is 5.95. The molecule has 1 fully saturated rings. The second kappa shape index (κ2) is 6.35. The number of carbonyl (C=O) groups excluding carboxylic acids is 1. The van der Waals surface area contributed by atoms with Gasteiger partial charge in [0.15, 0.2) is 0 Å². The van der Waals surface area contributed by atoms with Crippen LogP contribution in [0.2, 0.25) is 5.15 Å². The SMILES string of the molecule is CCc1cc(C(=O)N2CCCC(CO)C2)cc(Cl)n1. The minimum absolute atomic E-state index is 0.0165. The van der Waals surface area contributed by atoms with E-state index < -0.39 is 0 Å². The molecule has 1 N–H and O–H groups in total. The van der Waals surface area contributed by atoms with Crippen LogP contribution in [-0.4, -0.2) is 40.6 Å². The average molecular weight is 283 g/mol. The van der Waals surface area contributed by atoms with Gasteiger partial charge in [-0.3, -0.25) is 4.79 Å². The zero-order valence-corrected chi connectivity index (χ0v) is 11.9. The Hall–Kier alpha value is -1.13. The summed E-state index contributed by atoms with van der Waals surface area (Å²) < 4.78 is 0. The van der Waals surface area contributed by atoms with Crippen LogP contribution in [0.3, 0.4) is 0 Å². The number of aromatic nitrogens is 1. The highest BCUT2D eigenvalue weighted by molar-refractivity contribution is 6.29. The Morgan fingerprint density at radius 1 is 1.58 bits per heavy atom. The number of aliphatic hydroxyl groups is 1. The van der Waals surface area contributed by atoms with Crippen LogP contribution in [0.1, 0.15) is 35.8 Å². The Bertz CT molecular complexity index is 465. The molecule has 2 heterocycles. The van der Waals surface area contributed by atoms with Gasteiger partial charge in [-0.25, -0.2) is 4.98 Å². The number of halogens is 1. The third kappa shape index (κ3) is 3.45. The molecule has 1 aliphatic rings. The second-order valence-corrected chi connectivity index (χ2v) is 5.35. The molecule has 1 amide bonds. The number of piperidine rings is 1. The monoisotopic (exact) mass is 282 g/mol. The zero-order chi connectivity index (χ0) is 13.8. The van der Waals surface area contributed by atoms with Gasteiger partial charge < -0.3 is 10.0 Å². The molecule has 1 atom stereocenters. The van der Waals surface area contributed by atoms with Crippen molar-refractivity contribution in [1.29, 1.82) is 0 Å². The van der Waals surface area contributed by atoms with Crippen molar-refractivity contribution in [3.63, 3.8) is 0 Å². The van der Waals surface area contributed by atoms with Crippen LogP contribution in [0.25, 0.3) is 0 Å². The fourth-order valence-electron chi connectivity index (χ4n) is 2.44. The lowest BCUT2D eigenvalue weighted by Crippen LogP contribution is -2.41. The molecule has 0 spiro atoms. The average Bonchev–Trinajstić information content (AvgIpc) is 2.45. The molecule has 1 aromatic heterocycles. The molecule has 0 aromatic carbocycles. The summed E-state index contributed by atoms with van der Waals surface area (Å²) in [4.78, 5) is 18.4. The van der Waals surface area contributed by atoms with Crippen LogP contribution in [0.5, 0.6) is 0 Å². The molecule has 2 rings (SSSR count). The van der Waals surface area contributed by atoms with Crippen molar-refractivity contribution in [3.05, 3.63) is 28.5 Å². The number of rotatable bonds is 3. The number of aliphatic hydroxyl groups excluding tert-OH is 1. The summed E-state index contributed by atoms with van der Waals surface area (Å²) in [6, 6.07) is 3.42. The van der Waals surface area contributed by atoms with E-state index in [0.717, 1.165) is 31.5 Å². The third-order valence-corrected chi connectivity index (χ3v) is 3.71. The van der Waals surface area contributed by atoms with Gasteiger partial charge >= 0.3 is 0 Å². The largest absolute Gasteiger partial charge is 0.396 e. The summed E-state index contributed by atoms with van der Waals surface area (Å²) in [5.74, 6) is 0.179. The fourth-order valence-corrected chi connectivity index (χ4v) is 2.66. The molecule has 19 heavy (non-hydrogen) atoms. The minimum Gasteiger partial charge on any atom is -0.396 e. The molecular formula is C14H19ClN2O2. The Morgan fingerprint density at radius 3 is 3.05 bits per heavy atom. The maximum absolute atomic E-state index is 12.4. The van der Waals surface area contributed by atoms with Crippen molar-refractivity contribution < 1.29 is 9.90 Å². The molecule has 0 radical (unpaired) electrons. The standard InChI is InChI=1S/C14H19ClN2O2/c1-2-12-6-11(7-13(15)16-12)14(19)17-5-3-4-10(8-17)9-18/h6-7,10,18H,2-5,8-9H2,1H3. The van der Waals surface area contributed by atoms with E-state index in [1.54, 1.807) is 17.0 Å². The lowest BCUT2D eigenvalue weighted by molar-refractivity contribution is 0.0620. The molecule has 1 aromatic rings. The van der Waals surface area contributed by atoms with Gasteiger partial charge in [0.05, 0.1) is 0 Å². The smallest absolute Gasteiger partial charge is 0.254 e. The normalized spacial score (nSPS) is 19.5. The summed E-state index contributed by atoms with van der Waals surface area (Å²) in [5, 5.41) is 9.58. The maximum atomic E-state index is 12.4. The van der Waals surface area contributed by atoms with E-state index in [0.29, 0.717) is 17.3 Å². The topological polar surface area (TPSA) is 53.4 Å². The Balaban J connectivity index is 2.16. The van der Waals surface area contributed by atoms with E-state index in [4.69, 9.17) is 11.6 Å². The van der Waals surface area contributed by atoms with E-state index >= 15 is 0 Å². The van der Waals surface area contributed by atoms with Crippen molar-refractivity contribution in [3.8, 4) is 0 Å². The van der Waals surface area contributed by atoms with E-state index in [9.17, 15) is 9.90 Å². The molecule has 1 unspecified atom stereocenters. The van der Waals surface area contributed by atoms with Gasteiger partial charge in [-0.15, -0.1) is 0 Å². The van der Waals surface area contributed by atoms with Gasteiger partial charge in [-0.1, -0.05) is 18.5 Å². The number of aryl methyl sites for hydroxylation is 1. The molecule has 104 valence electrons. The number of carbonyl (C=O) groups is 1. The molecule has 0 bridgehead atoms. The molecule has 0 saturated carbocycles. The highest BCUT2D eigenvalue weighted by Crippen LogP contribution is 2.20. The quantitative estimate of drug-likeness (QED) is 0.864. The van der Waals surface area contributed by atoms with Crippen LogP contribution in [0.4, 0.5) is 0 Å². The first-order valence-electron chi connectivity index (χ1n) is 6.70. The first-order valence-corrected chi connectivity index (χ1v) is 7.08. The molecule has 1 saturated heterocycles. The number of hydrogen-bond donors (Lipinski definition) is 1. The lowest BCUT2D eigenvalue weighted by atomic mass is 9.98. The van der Waals surface area contributed by atoms with Crippen LogP contribution in [0, 0.1) is 5.92 Å². The Labute approximate surface area is 118 Å². The molecular weight excluding hydrogens is 264 g/mol. The minimum atomic E-state index is -0.0165. The van der Waals surface area contributed by atoms with Crippen molar-refractivity contribution in [1.82, 2.24) is 9.88 Å². The van der Waals surface area contributed by atoms with Gasteiger partial charge in [0.1, 0.15) is 5.15 Å². The summed E-state index contributed by atoms with van der Waals surface area (Å²) in [6.45, 7) is 3.49. The molecule has 5 heteroatoms. The van der Waals surface area contributed by atoms with Gasteiger partial charge in [0.2, 0.25) is 0 Å². The van der Waals surface area contributed by atoms with Crippen LogP contribution in [-0.2, 0) is 6.42 Å². The molecule has 0 aliphatic carbocycles. The molecule has 4 nitrogen and oxygen atoms in total. The van der Waals surface area contributed by atoms with Crippen LogP contribution in [0.15, 0.2) is 12.1 Å². The maximum Gasteiger partial charge on any atom is 0.254 e. The zero-order valence-electron chi connectivity index (χ0n) is 11.1. The van der Waals surface area contributed by atoms with Crippen LogP contribution < -0.4 is 0 Å². The van der Waals surface area contributed by atoms with Gasteiger partial charge in [0, 0.05) is 31.0 Å². The fraction of sp³-hybridized carbons (Fsp3) is 0.571. The highest BCUT2D eigenvalue weighted by atomic mass is 35.5. The van der Waals surface area contributed by atoms with E-state index in [1.165, 1.54) is 0 Å². The number of nitrogens with zero attached hydrogens (tertiary/aromatic N) is 2. The number of likely N-dealkylation sites (tertiary alicyclic amines) is 1. The van der Waals surface area contributed by atoms with Crippen molar-refractivity contribution in [2.24, 2.45) is 5.92 Å². The summed E-state index contributed by atoms with van der Waals surface area (Å²) in [6.07, 6.45) is 2.67. The predicted octanol–water partition coefficient (Wildman–Crippen LogP) is 2.14. The number of pyridine rings is 1. The summed E-state index contributed by atoms with van der Waals surface area (Å²) in [7, 11) is 0.